The van der Waals surface area contributed by atoms with Crippen molar-refractivity contribution >= 4 is 35.2 Å². The number of hydrazine groups is 1. The maximum Gasteiger partial charge on any atom is 0.352 e. The highest BCUT2D eigenvalue weighted by molar-refractivity contribution is 8.00. The lowest BCUT2D eigenvalue weighted by molar-refractivity contribution is -0.711. The van der Waals surface area contributed by atoms with Crippen molar-refractivity contribution < 1.29 is 29.3 Å². The second-order valence-corrected chi connectivity index (χ2v) is 10.4. The van der Waals surface area contributed by atoms with E-state index in [0.29, 0.717) is 36.7 Å². The van der Waals surface area contributed by atoms with Gasteiger partial charge in [-0.2, -0.15) is 0 Å². The summed E-state index contributed by atoms with van der Waals surface area (Å²) in [5.74, 6) is -1.83. The number of carboxylic acids is 1. The van der Waals surface area contributed by atoms with Crippen molar-refractivity contribution in [2.45, 2.75) is 17.8 Å². The Morgan fingerprint density at radius 1 is 1.08 bits per heavy atom. The minimum atomic E-state index is -1.28. The maximum absolute atomic E-state index is 12.8. The molecule has 3 aliphatic heterocycles. The zero-order chi connectivity index (χ0) is 27.4. The Hall–Kier alpha value is -4.26. The number of carbonyl (C=O) groups excluding carboxylic acids is 2. The van der Waals surface area contributed by atoms with Crippen molar-refractivity contribution in [1.29, 1.82) is 0 Å². The highest BCUT2D eigenvalue weighted by atomic mass is 32.2. The molecule has 0 aromatic heterocycles. The number of nitrogens with zero attached hydrogens (tertiary/aromatic N) is 5. The normalized spacial score (nSPS) is 21.3. The average Bonchev–Trinajstić information content (AvgIpc) is 2.96. The Balaban J connectivity index is 1.15. The molecule has 12 nitrogen and oxygen atoms in total. The molecule has 0 radical (unpaired) electrons. The van der Waals surface area contributed by atoms with Crippen LogP contribution in [-0.4, -0.2) is 87.7 Å². The monoisotopic (exact) mass is 552 g/mol. The predicted octanol–water partition coefficient (Wildman–Crippen LogP) is 1.60. The van der Waals surface area contributed by atoms with Gasteiger partial charge in [-0.15, -0.1) is 16.8 Å². The van der Waals surface area contributed by atoms with Gasteiger partial charge in [0, 0.05) is 30.1 Å². The molecule has 2 unspecified atom stereocenters. The van der Waals surface area contributed by atoms with Gasteiger partial charge < -0.3 is 25.4 Å². The van der Waals surface area contributed by atoms with Crippen LogP contribution in [0.5, 0.6) is 0 Å². The van der Waals surface area contributed by atoms with Gasteiger partial charge in [-0.1, -0.05) is 48.5 Å². The van der Waals surface area contributed by atoms with Gasteiger partial charge in [-0.05, 0) is 17.7 Å². The first kappa shape index (κ1) is 26.4. The number of hydrogen-bond donors (Lipinski definition) is 2. The second kappa shape index (κ2) is 11.6. The molecular weight excluding hydrogens is 524 g/mol. The van der Waals surface area contributed by atoms with E-state index in [1.54, 1.807) is 0 Å². The zero-order valence-electron chi connectivity index (χ0n) is 21.0. The Morgan fingerprint density at radius 3 is 2.41 bits per heavy atom. The number of hydrogen-bond acceptors (Lipinski definition) is 8. The zero-order valence-corrected chi connectivity index (χ0v) is 21.8. The molecule has 2 fully saturated rings. The van der Waals surface area contributed by atoms with Gasteiger partial charge in [0.25, 0.3) is 5.91 Å². The third kappa shape index (κ3) is 5.77. The number of nitrogens with one attached hydrogen (secondary N) is 1. The molecule has 3 heterocycles. The SMILES string of the molecule is O=C(Cc1ccccc1)NC1C(=O)N2C(C(=O)O)=C(CO/N=[N+](\[O-])N3CCN(c4ccccc4)CC3)CSC12. The summed E-state index contributed by atoms with van der Waals surface area (Å²) in [5, 5.41) is 29.6. The van der Waals surface area contributed by atoms with Gasteiger partial charge in [0.2, 0.25) is 11.2 Å². The van der Waals surface area contributed by atoms with Crippen molar-refractivity contribution in [3.05, 3.63) is 82.7 Å². The fourth-order valence-corrected chi connectivity index (χ4v) is 6.10. The lowest BCUT2D eigenvalue weighted by Gasteiger charge is -2.49. The Kier molecular flexibility index (Phi) is 7.87. The summed E-state index contributed by atoms with van der Waals surface area (Å²) < 4.78 is 0. The minimum absolute atomic E-state index is 0.122. The van der Waals surface area contributed by atoms with Crippen LogP contribution >= 0.6 is 11.8 Å². The van der Waals surface area contributed by atoms with Crippen LogP contribution in [0.4, 0.5) is 5.69 Å². The molecule has 13 heteroatoms. The van der Waals surface area contributed by atoms with E-state index >= 15 is 0 Å². The molecule has 204 valence electrons. The van der Waals surface area contributed by atoms with Crippen LogP contribution in [0.3, 0.4) is 0 Å². The number of anilines is 1. The summed E-state index contributed by atoms with van der Waals surface area (Å²) in [6.45, 7) is 1.94. The predicted molar refractivity (Wildman–Crippen MR) is 142 cm³/mol. The first-order valence-electron chi connectivity index (χ1n) is 12.5. The number of carboxylic acid groups (broad SMARTS) is 1. The number of para-hydroxylation sites is 1. The molecule has 2 amide bonds. The van der Waals surface area contributed by atoms with Crippen molar-refractivity contribution in [3.8, 4) is 0 Å². The average molecular weight is 553 g/mol. The number of thioether (sulfide) groups is 1. The topological polar surface area (TPSA) is 141 Å². The number of piperazine rings is 1. The summed E-state index contributed by atoms with van der Waals surface area (Å²) in [5.41, 5.74) is 2.04. The van der Waals surface area contributed by atoms with Gasteiger partial charge >= 0.3 is 5.97 Å². The highest BCUT2D eigenvalue weighted by Gasteiger charge is 2.54. The molecule has 3 aliphatic rings. The van der Waals surface area contributed by atoms with Crippen LogP contribution in [0.15, 0.2) is 77.2 Å². The number of amides is 2. The fourth-order valence-electron chi connectivity index (χ4n) is 4.77. The summed E-state index contributed by atoms with van der Waals surface area (Å²) >= 11 is 1.33. The van der Waals surface area contributed by atoms with Gasteiger partial charge in [0.1, 0.15) is 23.7 Å². The number of β-lactam (4-membered cyclic amide) rings is 1. The number of benzene rings is 2. The van der Waals surface area contributed by atoms with E-state index in [4.69, 9.17) is 4.84 Å². The van der Waals surface area contributed by atoms with E-state index in [9.17, 15) is 24.7 Å². The molecule has 2 aromatic carbocycles. The van der Waals surface area contributed by atoms with Crippen LogP contribution in [-0.2, 0) is 25.6 Å². The summed E-state index contributed by atoms with van der Waals surface area (Å²) in [4.78, 5) is 46.3. The van der Waals surface area contributed by atoms with E-state index in [1.165, 1.54) is 21.7 Å². The quantitative estimate of drug-likeness (QED) is 0.205. The van der Waals surface area contributed by atoms with E-state index in [2.05, 4.69) is 15.5 Å². The smallest absolute Gasteiger partial charge is 0.352 e. The third-order valence-electron chi connectivity index (χ3n) is 6.76. The van der Waals surface area contributed by atoms with Crippen molar-refractivity contribution in [1.82, 2.24) is 15.2 Å². The molecule has 0 aliphatic carbocycles. The highest BCUT2D eigenvalue weighted by Crippen LogP contribution is 2.40. The van der Waals surface area contributed by atoms with Crippen LogP contribution in [0.1, 0.15) is 5.56 Å². The van der Waals surface area contributed by atoms with Crippen molar-refractivity contribution in [2.75, 3.05) is 43.4 Å². The number of fused-ring (bicyclic) bond motifs is 1. The van der Waals surface area contributed by atoms with E-state index < -0.39 is 23.3 Å². The summed E-state index contributed by atoms with van der Waals surface area (Å²) in [6, 6.07) is 18.3. The van der Waals surface area contributed by atoms with E-state index in [-0.39, 0.29) is 30.4 Å². The van der Waals surface area contributed by atoms with Gasteiger partial charge in [0.15, 0.2) is 0 Å². The van der Waals surface area contributed by atoms with Crippen molar-refractivity contribution in [3.63, 3.8) is 0 Å². The molecule has 0 saturated carbocycles. The first-order chi connectivity index (χ1) is 18.9. The molecule has 2 aromatic rings. The lowest BCUT2D eigenvalue weighted by Crippen LogP contribution is -2.70. The van der Waals surface area contributed by atoms with Crippen LogP contribution in [0, 0.1) is 5.21 Å². The fraction of sp³-hybridized carbons (Fsp3) is 0.346. The Labute approximate surface area is 229 Å². The molecular formula is C26H28N6O6S. The molecule has 2 saturated heterocycles. The second-order valence-electron chi connectivity index (χ2n) is 9.26. The van der Waals surface area contributed by atoms with Crippen molar-refractivity contribution in [2.24, 2.45) is 5.28 Å². The molecule has 39 heavy (non-hydrogen) atoms. The van der Waals surface area contributed by atoms with E-state index in [1.807, 2.05) is 60.7 Å². The van der Waals surface area contributed by atoms with E-state index in [0.717, 1.165) is 11.3 Å². The van der Waals surface area contributed by atoms with Crippen LogP contribution < -0.4 is 10.2 Å². The minimum Gasteiger partial charge on any atom is -0.569 e. The molecule has 2 N–H and O–H groups in total. The standard InChI is InChI=1S/C26H28N6O6S/c33-21(15-18-7-3-1-4-8-18)27-22-24(34)31-23(26(35)36)19(17-39-25(22)31)16-38-28-32(37)30-13-11-29(12-14-30)20-9-5-2-6-10-20/h1-10,22,25H,11-17H2,(H,27,33)(H,35,36)/b32-28-. The Bertz CT molecular complexity index is 1280. The summed E-state index contributed by atoms with van der Waals surface area (Å²) in [6.07, 6.45) is 0.122. The molecule has 0 spiro atoms. The number of aliphatic carboxylic acids is 1. The lowest BCUT2D eigenvalue weighted by atomic mass is 10.0. The third-order valence-corrected chi connectivity index (χ3v) is 8.10. The Morgan fingerprint density at radius 2 is 1.74 bits per heavy atom. The van der Waals surface area contributed by atoms with Gasteiger partial charge in [0.05, 0.1) is 24.5 Å². The van der Waals surface area contributed by atoms with Gasteiger partial charge in [-0.3, -0.25) is 14.5 Å². The molecule has 2 atom stereocenters. The summed E-state index contributed by atoms with van der Waals surface area (Å²) in [7, 11) is 0. The maximum atomic E-state index is 12.8. The first-order valence-corrected chi connectivity index (χ1v) is 13.6. The molecule has 5 rings (SSSR count). The number of carbonyl (C=O) groups is 3. The largest absolute Gasteiger partial charge is 0.569 e. The number of rotatable bonds is 9. The van der Waals surface area contributed by atoms with Crippen LogP contribution in [0.2, 0.25) is 0 Å². The molecule has 0 bridgehead atoms. The van der Waals surface area contributed by atoms with Gasteiger partial charge in [-0.25, -0.2) is 4.79 Å². The van der Waals surface area contributed by atoms with Crippen LogP contribution in [0.25, 0.3) is 0 Å².